The van der Waals surface area contributed by atoms with Crippen LogP contribution in [0.2, 0.25) is 0 Å². The molecule has 3 nitrogen and oxygen atoms in total. The maximum Gasteiger partial charge on any atom is 0.303 e. The number of rotatable bonds is 3. The lowest BCUT2D eigenvalue weighted by Gasteiger charge is -2.04. The number of benzene rings is 1. The van der Waals surface area contributed by atoms with Crippen molar-refractivity contribution in [1.82, 2.24) is 4.98 Å². The normalized spacial score (nSPS) is 10.6. The second kappa shape index (κ2) is 4.26. The summed E-state index contributed by atoms with van der Waals surface area (Å²) in [5, 5.41) is 10.2. The van der Waals surface area contributed by atoms with Crippen LogP contribution in [0, 0.1) is 5.82 Å². The largest absolute Gasteiger partial charge is 0.481 e. The molecule has 16 heavy (non-hydrogen) atoms. The summed E-state index contributed by atoms with van der Waals surface area (Å²) < 4.78 is 13.1. The molecule has 1 heterocycles. The Kier molecular flexibility index (Phi) is 2.81. The van der Waals surface area contributed by atoms with Gasteiger partial charge in [-0.2, -0.15) is 0 Å². The SMILES string of the molecule is O=C(O)CCc1nccc2ccc(F)cc12. The number of pyridine rings is 1. The predicted octanol–water partition coefficient (Wildman–Crippen LogP) is 2.39. The summed E-state index contributed by atoms with van der Waals surface area (Å²) in [7, 11) is 0. The topological polar surface area (TPSA) is 50.2 Å². The van der Waals surface area contributed by atoms with Crippen molar-refractivity contribution in [2.24, 2.45) is 0 Å². The van der Waals surface area contributed by atoms with E-state index < -0.39 is 5.97 Å². The molecule has 0 aliphatic rings. The highest BCUT2D eigenvalue weighted by molar-refractivity contribution is 5.84. The van der Waals surface area contributed by atoms with E-state index in [9.17, 15) is 9.18 Å². The summed E-state index contributed by atoms with van der Waals surface area (Å²) in [5.74, 6) is -1.22. The Balaban J connectivity index is 2.43. The Bertz CT molecular complexity index is 540. The average molecular weight is 219 g/mol. The molecule has 0 aliphatic carbocycles. The van der Waals surface area contributed by atoms with Crippen LogP contribution in [0.4, 0.5) is 4.39 Å². The van der Waals surface area contributed by atoms with Crippen molar-refractivity contribution >= 4 is 16.7 Å². The van der Waals surface area contributed by atoms with Crippen molar-refractivity contribution in [3.63, 3.8) is 0 Å². The van der Waals surface area contributed by atoms with E-state index in [4.69, 9.17) is 5.11 Å². The molecule has 82 valence electrons. The van der Waals surface area contributed by atoms with Crippen molar-refractivity contribution in [1.29, 1.82) is 0 Å². The van der Waals surface area contributed by atoms with E-state index in [0.29, 0.717) is 17.5 Å². The van der Waals surface area contributed by atoms with E-state index in [1.165, 1.54) is 12.1 Å². The molecule has 1 aromatic carbocycles. The Morgan fingerprint density at radius 1 is 1.38 bits per heavy atom. The number of carbonyl (C=O) groups is 1. The average Bonchev–Trinajstić information content (AvgIpc) is 2.26. The van der Waals surface area contributed by atoms with Crippen LogP contribution < -0.4 is 0 Å². The number of halogens is 1. The molecule has 2 aromatic rings. The molecular formula is C12H10FNO2. The van der Waals surface area contributed by atoms with Crippen molar-refractivity contribution in [3.8, 4) is 0 Å². The number of nitrogens with zero attached hydrogens (tertiary/aromatic N) is 1. The van der Waals surface area contributed by atoms with Crippen LogP contribution in [0.15, 0.2) is 30.5 Å². The number of aromatic nitrogens is 1. The first-order valence-electron chi connectivity index (χ1n) is 4.92. The summed E-state index contributed by atoms with van der Waals surface area (Å²) >= 11 is 0. The molecule has 0 saturated heterocycles. The van der Waals surface area contributed by atoms with Crippen LogP contribution in [-0.4, -0.2) is 16.1 Å². The molecule has 4 heteroatoms. The van der Waals surface area contributed by atoms with Gasteiger partial charge in [0.25, 0.3) is 0 Å². The molecule has 0 atom stereocenters. The highest BCUT2D eigenvalue weighted by atomic mass is 19.1. The first-order chi connectivity index (χ1) is 7.66. The fourth-order valence-electron chi connectivity index (χ4n) is 1.63. The molecule has 0 bridgehead atoms. The molecule has 1 N–H and O–H groups in total. The minimum atomic E-state index is -0.879. The molecule has 0 spiro atoms. The number of hydrogen-bond acceptors (Lipinski definition) is 2. The summed E-state index contributed by atoms with van der Waals surface area (Å²) in [6.07, 6.45) is 1.93. The third kappa shape index (κ3) is 2.16. The molecule has 2 rings (SSSR count). The molecule has 0 saturated carbocycles. The minimum absolute atomic E-state index is 0.00261. The quantitative estimate of drug-likeness (QED) is 0.862. The van der Waals surface area contributed by atoms with Gasteiger partial charge in [0, 0.05) is 23.7 Å². The van der Waals surface area contributed by atoms with Gasteiger partial charge in [-0.1, -0.05) is 6.07 Å². The summed E-state index contributed by atoms with van der Waals surface area (Å²) in [6.45, 7) is 0. The van der Waals surface area contributed by atoms with Crippen LogP contribution in [-0.2, 0) is 11.2 Å². The van der Waals surface area contributed by atoms with E-state index in [0.717, 1.165) is 5.39 Å². The van der Waals surface area contributed by atoms with Gasteiger partial charge in [0.1, 0.15) is 5.82 Å². The number of fused-ring (bicyclic) bond motifs is 1. The minimum Gasteiger partial charge on any atom is -0.481 e. The van der Waals surface area contributed by atoms with Gasteiger partial charge in [-0.15, -0.1) is 0 Å². The highest BCUT2D eigenvalue weighted by Crippen LogP contribution is 2.19. The summed E-state index contributed by atoms with van der Waals surface area (Å²) in [4.78, 5) is 14.6. The second-order valence-electron chi connectivity index (χ2n) is 3.52. The lowest BCUT2D eigenvalue weighted by Crippen LogP contribution is -2.00. The standard InChI is InChI=1S/C12H10FNO2/c13-9-2-1-8-5-6-14-11(10(8)7-9)3-4-12(15)16/h1-2,5-7H,3-4H2,(H,15,16). The van der Waals surface area contributed by atoms with E-state index in [2.05, 4.69) is 4.98 Å². The molecule has 0 radical (unpaired) electrons. The molecule has 0 aliphatic heterocycles. The van der Waals surface area contributed by atoms with Crippen molar-refractivity contribution < 1.29 is 14.3 Å². The zero-order valence-corrected chi connectivity index (χ0v) is 8.48. The van der Waals surface area contributed by atoms with Crippen LogP contribution in [0.5, 0.6) is 0 Å². The van der Waals surface area contributed by atoms with Gasteiger partial charge >= 0.3 is 5.97 Å². The Labute approximate surface area is 91.5 Å². The zero-order chi connectivity index (χ0) is 11.5. The van der Waals surface area contributed by atoms with E-state index in [1.807, 2.05) is 0 Å². The predicted molar refractivity (Wildman–Crippen MR) is 57.7 cm³/mol. The van der Waals surface area contributed by atoms with Gasteiger partial charge in [-0.3, -0.25) is 9.78 Å². The molecular weight excluding hydrogens is 209 g/mol. The molecule has 0 fully saturated rings. The first-order valence-corrected chi connectivity index (χ1v) is 4.92. The van der Waals surface area contributed by atoms with Crippen LogP contribution in [0.1, 0.15) is 12.1 Å². The fraction of sp³-hybridized carbons (Fsp3) is 0.167. The van der Waals surface area contributed by atoms with Gasteiger partial charge in [0.2, 0.25) is 0 Å². The monoisotopic (exact) mass is 219 g/mol. The summed E-state index contributed by atoms with van der Waals surface area (Å²) in [5.41, 5.74) is 0.624. The Morgan fingerprint density at radius 3 is 2.94 bits per heavy atom. The first kappa shape index (κ1) is 10.5. The second-order valence-corrected chi connectivity index (χ2v) is 3.52. The lowest BCUT2D eigenvalue weighted by molar-refractivity contribution is -0.136. The fourth-order valence-corrected chi connectivity index (χ4v) is 1.63. The van der Waals surface area contributed by atoms with Gasteiger partial charge in [-0.05, 0) is 23.6 Å². The number of aliphatic carboxylic acids is 1. The van der Waals surface area contributed by atoms with Crippen LogP contribution in [0.3, 0.4) is 0 Å². The van der Waals surface area contributed by atoms with E-state index in [1.54, 1.807) is 18.3 Å². The maximum absolute atomic E-state index is 13.1. The summed E-state index contributed by atoms with van der Waals surface area (Å²) in [6, 6.07) is 6.21. The van der Waals surface area contributed by atoms with E-state index in [-0.39, 0.29) is 12.2 Å². The maximum atomic E-state index is 13.1. The van der Waals surface area contributed by atoms with Crippen molar-refractivity contribution in [2.45, 2.75) is 12.8 Å². The third-order valence-corrected chi connectivity index (χ3v) is 2.39. The zero-order valence-electron chi connectivity index (χ0n) is 8.48. The van der Waals surface area contributed by atoms with Crippen molar-refractivity contribution in [2.75, 3.05) is 0 Å². The van der Waals surface area contributed by atoms with Gasteiger partial charge in [0.05, 0.1) is 6.42 Å². The smallest absolute Gasteiger partial charge is 0.303 e. The highest BCUT2D eigenvalue weighted by Gasteiger charge is 2.05. The third-order valence-electron chi connectivity index (χ3n) is 2.39. The molecule has 0 unspecified atom stereocenters. The van der Waals surface area contributed by atoms with Gasteiger partial charge < -0.3 is 5.11 Å². The van der Waals surface area contributed by atoms with Gasteiger partial charge in [-0.25, -0.2) is 4.39 Å². The molecule has 0 amide bonds. The van der Waals surface area contributed by atoms with Gasteiger partial charge in [0.15, 0.2) is 0 Å². The Hall–Kier alpha value is -1.97. The van der Waals surface area contributed by atoms with Crippen LogP contribution in [0.25, 0.3) is 10.8 Å². The molecule has 1 aromatic heterocycles. The van der Waals surface area contributed by atoms with E-state index >= 15 is 0 Å². The number of carboxylic acid groups (broad SMARTS) is 1. The van der Waals surface area contributed by atoms with Crippen molar-refractivity contribution in [3.05, 3.63) is 42.0 Å². The lowest BCUT2D eigenvalue weighted by atomic mass is 10.1. The Morgan fingerprint density at radius 2 is 2.19 bits per heavy atom. The number of hydrogen-bond donors (Lipinski definition) is 1. The number of aryl methyl sites for hydroxylation is 1. The van der Waals surface area contributed by atoms with Crippen LogP contribution >= 0.6 is 0 Å². The number of carboxylic acids is 1.